The van der Waals surface area contributed by atoms with Crippen LogP contribution in [0.5, 0.6) is 0 Å². The van der Waals surface area contributed by atoms with Crippen molar-refractivity contribution in [2.45, 2.75) is 41.5 Å². The smallest absolute Gasteiger partial charge is 0.243 e. The zero-order chi connectivity index (χ0) is 17.3. The largest absolute Gasteiger partial charge is 0.352 e. The Kier molecular flexibility index (Phi) is 5.22. The van der Waals surface area contributed by atoms with Gasteiger partial charge in [-0.1, -0.05) is 6.42 Å². The predicted molar refractivity (Wildman–Crippen MR) is 95.4 cm³/mol. The third kappa shape index (κ3) is 3.63. The Morgan fingerprint density at radius 1 is 1.25 bits per heavy atom. The Labute approximate surface area is 148 Å². The van der Waals surface area contributed by atoms with Crippen LogP contribution < -0.4 is 5.32 Å². The first-order valence-electron chi connectivity index (χ1n) is 8.30. The first-order valence-corrected chi connectivity index (χ1v) is 11.0. The number of thioether (sulfide) groups is 1. The van der Waals surface area contributed by atoms with E-state index in [9.17, 15) is 13.2 Å². The lowest BCUT2D eigenvalue weighted by Gasteiger charge is -2.24. The SMILES string of the molecule is CSc1ccc(S(=O)(=O)N(C)CC(=O)N[C@H]2C[C@H]3CC[C@H]2C3)cc1. The Balaban J connectivity index is 1.60. The second-order valence-electron chi connectivity index (χ2n) is 6.79. The maximum Gasteiger partial charge on any atom is 0.243 e. The van der Waals surface area contributed by atoms with E-state index in [4.69, 9.17) is 0 Å². The molecule has 5 nitrogen and oxygen atoms in total. The number of hydrogen-bond donors (Lipinski definition) is 1. The molecule has 0 unspecified atom stereocenters. The fourth-order valence-corrected chi connectivity index (χ4v) is 5.42. The number of benzene rings is 1. The quantitative estimate of drug-likeness (QED) is 0.783. The molecule has 1 aromatic rings. The van der Waals surface area contributed by atoms with Crippen molar-refractivity contribution in [1.82, 2.24) is 9.62 Å². The normalized spacial score (nSPS) is 26.0. The van der Waals surface area contributed by atoms with Crippen LogP contribution >= 0.6 is 11.8 Å². The number of carbonyl (C=O) groups excluding carboxylic acids is 1. The van der Waals surface area contributed by atoms with Gasteiger partial charge in [-0.05, 0) is 61.6 Å². The van der Waals surface area contributed by atoms with E-state index < -0.39 is 10.0 Å². The molecule has 3 rings (SSSR count). The van der Waals surface area contributed by atoms with E-state index in [0.717, 1.165) is 21.5 Å². The van der Waals surface area contributed by atoms with Gasteiger partial charge in [0.15, 0.2) is 0 Å². The van der Waals surface area contributed by atoms with Gasteiger partial charge >= 0.3 is 0 Å². The molecule has 2 aliphatic carbocycles. The molecule has 0 aromatic heterocycles. The molecule has 0 aliphatic heterocycles. The zero-order valence-electron chi connectivity index (χ0n) is 14.1. The van der Waals surface area contributed by atoms with Gasteiger partial charge in [-0.2, -0.15) is 4.31 Å². The number of amides is 1. The van der Waals surface area contributed by atoms with Crippen LogP contribution in [0.3, 0.4) is 0 Å². The number of fused-ring (bicyclic) bond motifs is 2. The molecule has 0 spiro atoms. The number of sulfonamides is 1. The number of carbonyl (C=O) groups is 1. The molecule has 0 radical (unpaired) electrons. The van der Waals surface area contributed by atoms with Crippen molar-refractivity contribution in [3.05, 3.63) is 24.3 Å². The minimum Gasteiger partial charge on any atom is -0.352 e. The van der Waals surface area contributed by atoms with Crippen molar-refractivity contribution in [3.63, 3.8) is 0 Å². The summed E-state index contributed by atoms with van der Waals surface area (Å²) in [5.41, 5.74) is 0. The molecule has 3 atom stereocenters. The highest BCUT2D eigenvalue weighted by atomic mass is 32.2. The van der Waals surface area contributed by atoms with Crippen molar-refractivity contribution in [3.8, 4) is 0 Å². The van der Waals surface area contributed by atoms with Gasteiger partial charge in [0, 0.05) is 18.0 Å². The summed E-state index contributed by atoms with van der Waals surface area (Å²) in [6.07, 6.45) is 6.66. The average molecular weight is 369 g/mol. The summed E-state index contributed by atoms with van der Waals surface area (Å²) >= 11 is 1.56. The van der Waals surface area contributed by atoms with Gasteiger partial charge in [0.25, 0.3) is 0 Å². The average Bonchev–Trinajstić information content (AvgIpc) is 3.17. The highest BCUT2D eigenvalue weighted by Crippen LogP contribution is 2.44. The fourth-order valence-electron chi connectivity index (χ4n) is 3.89. The van der Waals surface area contributed by atoms with Gasteiger partial charge in [0.1, 0.15) is 0 Å². The Morgan fingerprint density at radius 3 is 2.50 bits per heavy atom. The van der Waals surface area contributed by atoms with Crippen molar-refractivity contribution in [2.75, 3.05) is 19.8 Å². The standard InChI is InChI=1S/C17H24N2O3S2/c1-19(24(21,22)15-7-5-14(23-2)6-8-15)11-17(20)18-16-10-12-3-4-13(16)9-12/h5-8,12-13,16H,3-4,9-11H2,1-2H3,(H,18,20)/t12-,13-,16-/m0/s1. The maximum atomic E-state index is 12.6. The Bertz CT molecular complexity index is 703. The maximum absolute atomic E-state index is 12.6. The summed E-state index contributed by atoms with van der Waals surface area (Å²) in [4.78, 5) is 13.5. The molecule has 2 bridgehead atoms. The molecule has 2 aliphatic rings. The number of hydrogen-bond acceptors (Lipinski definition) is 4. The summed E-state index contributed by atoms with van der Waals surface area (Å²) in [5, 5.41) is 3.03. The van der Waals surface area contributed by atoms with Crippen molar-refractivity contribution in [2.24, 2.45) is 11.8 Å². The van der Waals surface area contributed by atoms with E-state index >= 15 is 0 Å². The van der Waals surface area contributed by atoms with E-state index in [-0.39, 0.29) is 23.4 Å². The third-order valence-electron chi connectivity index (χ3n) is 5.22. The van der Waals surface area contributed by atoms with Crippen LogP contribution in [0.25, 0.3) is 0 Å². The molecule has 2 fully saturated rings. The van der Waals surface area contributed by atoms with Gasteiger partial charge in [-0.25, -0.2) is 8.42 Å². The third-order valence-corrected chi connectivity index (χ3v) is 7.78. The Morgan fingerprint density at radius 2 is 1.96 bits per heavy atom. The van der Waals surface area contributed by atoms with Gasteiger partial charge < -0.3 is 5.32 Å². The highest BCUT2D eigenvalue weighted by molar-refractivity contribution is 7.98. The Hall–Kier alpha value is -1.05. The number of rotatable bonds is 6. The molecule has 24 heavy (non-hydrogen) atoms. The monoisotopic (exact) mass is 368 g/mol. The van der Waals surface area contributed by atoms with Gasteiger partial charge in [0.2, 0.25) is 15.9 Å². The molecule has 0 heterocycles. The van der Waals surface area contributed by atoms with Crippen LogP contribution in [0.2, 0.25) is 0 Å². The van der Waals surface area contributed by atoms with E-state index in [1.54, 1.807) is 36.0 Å². The molecule has 1 N–H and O–H groups in total. The van der Waals surface area contributed by atoms with Gasteiger partial charge in [-0.15, -0.1) is 11.8 Å². The molecular formula is C17H24N2O3S2. The lowest BCUT2D eigenvalue weighted by atomic mass is 9.95. The molecule has 0 saturated heterocycles. The van der Waals surface area contributed by atoms with Crippen molar-refractivity contribution in [1.29, 1.82) is 0 Å². The first-order chi connectivity index (χ1) is 11.4. The van der Waals surface area contributed by atoms with E-state index in [1.807, 2.05) is 6.26 Å². The molecule has 1 amide bonds. The number of nitrogens with zero attached hydrogens (tertiary/aromatic N) is 1. The van der Waals surface area contributed by atoms with Crippen LogP contribution in [0.4, 0.5) is 0 Å². The van der Waals surface area contributed by atoms with Crippen LogP contribution in [0, 0.1) is 11.8 Å². The van der Waals surface area contributed by atoms with Gasteiger partial charge in [-0.3, -0.25) is 4.79 Å². The summed E-state index contributed by atoms with van der Waals surface area (Å²) in [6.45, 7) is -0.138. The van der Waals surface area contributed by atoms with E-state index in [0.29, 0.717) is 5.92 Å². The minimum absolute atomic E-state index is 0.138. The second kappa shape index (κ2) is 7.06. The molecule has 7 heteroatoms. The van der Waals surface area contributed by atoms with Crippen LogP contribution in [-0.4, -0.2) is 44.5 Å². The summed E-state index contributed by atoms with van der Waals surface area (Å²) in [6, 6.07) is 6.96. The fraction of sp³-hybridized carbons (Fsp3) is 0.588. The van der Waals surface area contributed by atoms with E-state index in [2.05, 4.69) is 5.32 Å². The molecule has 132 valence electrons. The first kappa shape index (κ1) is 17.8. The van der Waals surface area contributed by atoms with Crippen LogP contribution in [-0.2, 0) is 14.8 Å². The lowest BCUT2D eigenvalue weighted by molar-refractivity contribution is -0.122. The second-order valence-corrected chi connectivity index (χ2v) is 9.71. The molecule has 1 aromatic carbocycles. The summed E-state index contributed by atoms with van der Waals surface area (Å²) < 4.78 is 26.3. The molecular weight excluding hydrogens is 344 g/mol. The van der Waals surface area contributed by atoms with Crippen molar-refractivity contribution < 1.29 is 13.2 Å². The molecule has 2 saturated carbocycles. The number of nitrogens with one attached hydrogen (secondary N) is 1. The van der Waals surface area contributed by atoms with Crippen molar-refractivity contribution >= 4 is 27.7 Å². The minimum atomic E-state index is -3.64. The highest BCUT2D eigenvalue weighted by Gasteiger charge is 2.40. The summed E-state index contributed by atoms with van der Waals surface area (Å²) in [7, 11) is -2.18. The van der Waals surface area contributed by atoms with Crippen LogP contribution in [0.1, 0.15) is 25.7 Å². The van der Waals surface area contributed by atoms with Crippen LogP contribution in [0.15, 0.2) is 34.1 Å². The van der Waals surface area contributed by atoms with E-state index in [1.165, 1.54) is 26.3 Å². The van der Waals surface area contributed by atoms with Gasteiger partial charge in [0.05, 0.1) is 11.4 Å². The topological polar surface area (TPSA) is 66.5 Å². The summed E-state index contributed by atoms with van der Waals surface area (Å²) in [5.74, 6) is 1.12. The predicted octanol–water partition coefficient (Wildman–Crippen LogP) is 2.33. The lowest BCUT2D eigenvalue weighted by Crippen LogP contribution is -2.44. The number of likely N-dealkylation sites (N-methyl/N-ethyl adjacent to an activating group) is 1. The zero-order valence-corrected chi connectivity index (χ0v) is 15.7.